The third kappa shape index (κ3) is 2.82. The van der Waals surface area contributed by atoms with Crippen LogP contribution in [0.5, 0.6) is 0 Å². The van der Waals surface area contributed by atoms with Crippen LogP contribution in [0.2, 0.25) is 0 Å². The second-order valence-corrected chi connectivity index (χ2v) is 6.94. The van der Waals surface area contributed by atoms with Gasteiger partial charge in [-0.3, -0.25) is 0 Å². The maximum atomic E-state index is 4.52. The molecular formula is C14H21BrN2. The first-order valence-electron chi connectivity index (χ1n) is 6.25. The van der Waals surface area contributed by atoms with Crippen LogP contribution < -0.4 is 4.90 Å². The molecule has 1 unspecified atom stereocenters. The van der Waals surface area contributed by atoms with Crippen molar-refractivity contribution in [2.45, 2.75) is 34.1 Å². The molecule has 1 fully saturated rings. The van der Waals surface area contributed by atoms with Gasteiger partial charge in [0.05, 0.1) is 0 Å². The molecule has 0 saturated carbocycles. The normalized spacial score (nSPS) is 21.0. The van der Waals surface area contributed by atoms with Gasteiger partial charge in [-0.15, -0.1) is 0 Å². The van der Waals surface area contributed by atoms with Crippen LogP contribution >= 0.6 is 15.9 Å². The summed E-state index contributed by atoms with van der Waals surface area (Å²) in [5, 5.41) is 0. The fourth-order valence-electron chi connectivity index (χ4n) is 2.37. The number of aromatic nitrogens is 1. The molecule has 3 heteroatoms. The van der Waals surface area contributed by atoms with Crippen LogP contribution in [-0.2, 0) is 0 Å². The third-order valence-electron chi connectivity index (χ3n) is 3.77. The predicted molar refractivity (Wildman–Crippen MR) is 76.4 cm³/mol. The highest BCUT2D eigenvalue weighted by Crippen LogP contribution is 2.35. The molecule has 1 aromatic rings. The van der Waals surface area contributed by atoms with E-state index in [2.05, 4.69) is 59.6 Å². The summed E-state index contributed by atoms with van der Waals surface area (Å²) in [6.07, 6.45) is 3.19. The van der Waals surface area contributed by atoms with Crippen LogP contribution in [0.4, 0.5) is 5.82 Å². The topological polar surface area (TPSA) is 16.1 Å². The molecule has 0 radical (unpaired) electrons. The van der Waals surface area contributed by atoms with E-state index in [0.717, 1.165) is 29.3 Å². The standard InChI is InChI=1S/C14H21BrN2/c1-10-7-13(16-8-12(10)15)17-6-5-11(9-17)14(2,3)4/h7-8,11H,5-6,9H2,1-4H3. The lowest BCUT2D eigenvalue weighted by Gasteiger charge is -2.27. The first-order chi connectivity index (χ1) is 7.88. The van der Waals surface area contributed by atoms with Crippen LogP contribution in [0.1, 0.15) is 32.8 Å². The molecule has 0 spiro atoms. The number of pyridine rings is 1. The number of hydrogen-bond acceptors (Lipinski definition) is 2. The van der Waals surface area contributed by atoms with Gasteiger partial charge in [0, 0.05) is 23.8 Å². The van der Waals surface area contributed by atoms with Crippen LogP contribution in [-0.4, -0.2) is 18.1 Å². The Balaban J connectivity index is 2.13. The molecule has 2 rings (SSSR count). The van der Waals surface area contributed by atoms with E-state index in [1.54, 1.807) is 0 Å². The molecule has 1 aliphatic rings. The third-order valence-corrected chi connectivity index (χ3v) is 4.60. The van der Waals surface area contributed by atoms with E-state index >= 15 is 0 Å². The first kappa shape index (κ1) is 12.9. The van der Waals surface area contributed by atoms with Gasteiger partial charge >= 0.3 is 0 Å². The summed E-state index contributed by atoms with van der Waals surface area (Å²) in [5.74, 6) is 1.89. The van der Waals surface area contributed by atoms with Crippen molar-refractivity contribution < 1.29 is 0 Å². The van der Waals surface area contributed by atoms with Crippen LogP contribution in [0.3, 0.4) is 0 Å². The van der Waals surface area contributed by atoms with E-state index < -0.39 is 0 Å². The molecule has 2 heterocycles. The Labute approximate surface area is 113 Å². The van der Waals surface area contributed by atoms with E-state index in [9.17, 15) is 0 Å². The molecule has 17 heavy (non-hydrogen) atoms. The zero-order valence-corrected chi connectivity index (χ0v) is 12.7. The monoisotopic (exact) mass is 296 g/mol. The first-order valence-corrected chi connectivity index (χ1v) is 7.04. The highest BCUT2D eigenvalue weighted by molar-refractivity contribution is 9.10. The average Bonchev–Trinajstić information content (AvgIpc) is 2.70. The van der Waals surface area contributed by atoms with Crippen molar-refractivity contribution in [1.29, 1.82) is 0 Å². The van der Waals surface area contributed by atoms with Gasteiger partial charge in [0.15, 0.2) is 0 Å². The van der Waals surface area contributed by atoms with Crippen molar-refractivity contribution in [3.05, 3.63) is 22.3 Å². The molecule has 1 aliphatic heterocycles. The Morgan fingerprint density at radius 3 is 2.65 bits per heavy atom. The van der Waals surface area contributed by atoms with Crippen molar-refractivity contribution >= 4 is 21.7 Å². The van der Waals surface area contributed by atoms with Crippen LogP contribution in [0.25, 0.3) is 0 Å². The van der Waals surface area contributed by atoms with Crippen molar-refractivity contribution in [3.8, 4) is 0 Å². The van der Waals surface area contributed by atoms with Gasteiger partial charge in [-0.1, -0.05) is 20.8 Å². The summed E-state index contributed by atoms with van der Waals surface area (Å²) in [6, 6.07) is 2.18. The second kappa shape index (κ2) is 4.60. The smallest absolute Gasteiger partial charge is 0.128 e. The zero-order valence-electron chi connectivity index (χ0n) is 11.1. The number of hydrogen-bond donors (Lipinski definition) is 0. The van der Waals surface area contributed by atoms with Crippen molar-refractivity contribution in [2.75, 3.05) is 18.0 Å². The Morgan fingerprint density at radius 1 is 1.41 bits per heavy atom. The lowest BCUT2D eigenvalue weighted by Crippen LogP contribution is -2.26. The van der Waals surface area contributed by atoms with E-state index in [4.69, 9.17) is 0 Å². The maximum Gasteiger partial charge on any atom is 0.128 e. The van der Waals surface area contributed by atoms with Crippen molar-refractivity contribution in [1.82, 2.24) is 4.98 Å². The highest BCUT2D eigenvalue weighted by atomic mass is 79.9. The molecule has 2 nitrogen and oxygen atoms in total. The highest BCUT2D eigenvalue weighted by Gasteiger charge is 2.32. The minimum Gasteiger partial charge on any atom is -0.356 e. The van der Waals surface area contributed by atoms with Gasteiger partial charge in [0.1, 0.15) is 5.82 Å². The molecule has 1 aromatic heterocycles. The molecule has 0 amide bonds. The summed E-state index contributed by atoms with van der Waals surface area (Å²) in [4.78, 5) is 6.93. The molecule has 1 atom stereocenters. The van der Waals surface area contributed by atoms with Crippen molar-refractivity contribution in [2.24, 2.45) is 11.3 Å². The number of anilines is 1. The van der Waals surface area contributed by atoms with Crippen LogP contribution in [0.15, 0.2) is 16.7 Å². The Kier molecular flexibility index (Phi) is 3.48. The zero-order chi connectivity index (χ0) is 12.6. The predicted octanol–water partition coefficient (Wildman–Crippen LogP) is 4.02. The van der Waals surface area contributed by atoms with E-state index in [1.807, 2.05) is 6.20 Å². The lowest BCUT2D eigenvalue weighted by molar-refractivity contribution is 0.263. The summed E-state index contributed by atoms with van der Waals surface area (Å²) in [7, 11) is 0. The SMILES string of the molecule is Cc1cc(N2CCC(C(C)(C)C)C2)ncc1Br. The molecule has 0 bridgehead atoms. The summed E-state index contributed by atoms with van der Waals surface area (Å²) in [5.41, 5.74) is 1.66. The van der Waals surface area contributed by atoms with Crippen molar-refractivity contribution in [3.63, 3.8) is 0 Å². The lowest BCUT2D eigenvalue weighted by atomic mass is 9.80. The van der Waals surface area contributed by atoms with Gasteiger partial charge in [-0.05, 0) is 52.2 Å². The summed E-state index contributed by atoms with van der Waals surface area (Å²) >= 11 is 3.50. The molecular weight excluding hydrogens is 276 g/mol. The second-order valence-electron chi connectivity index (χ2n) is 6.09. The summed E-state index contributed by atoms with van der Waals surface area (Å²) < 4.78 is 1.09. The summed E-state index contributed by atoms with van der Waals surface area (Å²) in [6.45, 7) is 11.4. The number of nitrogens with zero attached hydrogens (tertiary/aromatic N) is 2. The van der Waals surface area contributed by atoms with Gasteiger partial charge < -0.3 is 4.90 Å². The van der Waals surface area contributed by atoms with Gasteiger partial charge in [-0.25, -0.2) is 4.98 Å². The van der Waals surface area contributed by atoms with Gasteiger partial charge in [0.25, 0.3) is 0 Å². The van der Waals surface area contributed by atoms with E-state index in [0.29, 0.717) is 5.41 Å². The Hall–Kier alpha value is -0.570. The fourth-order valence-corrected chi connectivity index (χ4v) is 2.59. The Bertz CT molecular complexity index is 409. The quantitative estimate of drug-likeness (QED) is 0.778. The number of rotatable bonds is 1. The fraction of sp³-hybridized carbons (Fsp3) is 0.643. The number of aryl methyl sites for hydroxylation is 1. The van der Waals surface area contributed by atoms with Crippen LogP contribution in [0, 0.1) is 18.3 Å². The molecule has 0 aromatic carbocycles. The number of halogens is 1. The maximum absolute atomic E-state index is 4.52. The van der Waals surface area contributed by atoms with Gasteiger partial charge in [0.2, 0.25) is 0 Å². The Morgan fingerprint density at radius 2 is 2.12 bits per heavy atom. The molecule has 1 saturated heterocycles. The molecule has 0 aliphatic carbocycles. The minimum atomic E-state index is 0.402. The average molecular weight is 297 g/mol. The van der Waals surface area contributed by atoms with E-state index in [-0.39, 0.29) is 0 Å². The van der Waals surface area contributed by atoms with E-state index in [1.165, 1.54) is 12.0 Å². The largest absolute Gasteiger partial charge is 0.356 e. The molecule has 0 N–H and O–H groups in total. The minimum absolute atomic E-state index is 0.402. The molecule has 94 valence electrons. The van der Waals surface area contributed by atoms with Gasteiger partial charge in [-0.2, -0.15) is 0 Å².